The molecule has 0 aliphatic heterocycles. The number of benzene rings is 1. The van der Waals surface area contributed by atoms with Crippen molar-refractivity contribution in [2.75, 3.05) is 29.9 Å². The molecule has 0 unspecified atom stereocenters. The highest BCUT2D eigenvalue weighted by molar-refractivity contribution is 5.90. The number of aryl methyl sites for hydroxylation is 1. The van der Waals surface area contributed by atoms with Crippen LogP contribution >= 0.6 is 0 Å². The van der Waals surface area contributed by atoms with Gasteiger partial charge in [-0.3, -0.25) is 0 Å². The topological polar surface area (TPSA) is 44.4 Å². The average Bonchev–Trinajstić information content (AvgIpc) is 2.59. The fraction of sp³-hybridized carbons (Fsp3) is 0.650. The third-order valence-corrected chi connectivity index (χ3v) is 5.15. The minimum Gasteiger partial charge on any atom is -1.00 e. The summed E-state index contributed by atoms with van der Waals surface area (Å²) in [5, 5.41) is 5.99. The third kappa shape index (κ3) is 6.77. The Kier molecular flexibility index (Phi) is 9.73. The molecule has 0 radical (unpaired) electrons. The van der Waals surface area contributed by atoms with E-state index in [9.17, 15) is 4.79 Å². The van der Waals surface area contributed by atoms with Crippen molar-refractivity contribution in [2.24, 2.45) is 5.92 Å². The van der Waals surface area contributed by atoms with Crippen LogP contribution in [-0.2, 0) is 0 Å². The summed E-state index contributed by atoms with van der Waals surface area (Å²) < 4.78 is 0. The summed E-state index contributed by atoms with van der Waals surface area (Å²) in [4.78, 5) is 14.4. The number of hydrogen-bond acceptors (Lipinski definition) is 2. The lowest BCUT2D eigenvalue weighted by Gasteiger charge is -2.22. The van der Waals surface area contributed by atoms with Crippen LogP contribution in [0, 0.1) is 12.8 Å². The van der Waals surface area contributed by atoms with Crippen LogP contribution in [0.2, 0.25) is 0 Å². The van der Waals surface area contributed by atoms with Crippen LogP contribution in [0.15, 0.2) is 18.2 Å². The number of anilines is 2. The SMILES string of the molecule is CCN(CC)c1ccc(NC(=O)NCCC2CCCCC2)c(C)c1.[Cl-]. The second kappa shape index (κ2) is 11.2. The predicted molar refractivity (Wildman–Crippen MR) is 103 cm³/mol. The van der Waals surface area contributed by atoms with Gasteiger partial charge in [0.2, 0.25) is 0 Å². The molecule has 1 aromatic rings. The molecule has 142 valence electrons. The Balaban J connectivity index is 0.00000312. The summed E-state index contributed by atoms with van der Waals surface area (Å²) in [6, 6.07) is 6.14. The molecule has 2 rings (SSSR count). The van der Waals surface area contributed by atoms with Gasteiger partial charge in [0.1, 0.15) is 0 Å². The van der Waals surface area contributed by atoms with Crippen molar-refractivity contribution in [1.82, 2.24) is 5.32 Å². The number of nitrogens with one attached hydrogen (secondary N) is 2. The zero-order valence-corrected chi connectivity index (χ0v) is 16.7. The number of carbonyl (C=O) groups is 1. The summed E-state index contributed by atoms with van der Waals surface area (Å²) in [7, 11) is 0. The molecule has 0 heterocycles. The van der Waals surface area contributed by atoms with E-state index in [1.165, 1.54) is 37.8 Å². The van der Waals surface area contributed by atoms with Crippen LogP contribution in [0.1, 0.15) is 57.9 Å². The minimum atomic E-state index is -0.0931. The van der Waals surface area contributed by atoms with E-state index < -0.39 is 0 Å². The molecule has 1 saturated carbocycles. The Morgan fingerprint density at radius 1 is 1.16 bits per heavy atom. The lowest BCUT2D eigenvalue weighted by molar-refractivity contribution is -0.00000837. The Morgan fingerprint density at radius 2 is 1.84 bits per heavy atom. The first-order valence-corrected chi connectivity index (χ1v) is 9.54. The maximum Gasteiger partial charge on any atom is 0.319 e. The Morgan fingerprint density at radius 3 is 2.44 bits per heavy atom. The van der Waals surface area contributed by atoms with Gasteiger partial charge in [-0.1, -0.05) is 32.1 Å². The van der Waals surface area contributed by atoms with Gasteiger partial charge in [0.05, 0.1) is 0 Å². The Hall–Kier alpha value is -1.42. The van der Waals surface area contributed by atoms with Crippen LogP contribution in [0.4, 0.5) is 16.2 Å². The molecule has 2 amide bonds. The van der Waals surface area contributed by atoms with Gasteiger partial charge >= 0.3 is 6.03 Å². The van der Waals surface area contributed by atoms with Crippen LogP contribution in [-0.4, -0.2) is 25.7 Å². The first kappa shape index (κ1) is 21.6. The maximum absolute atomic E-state index is 12.1. The van der Waals surface area contributed by atoms with E-state index in [-0.39, 0.29) is 18.4 Å². The highest BCUT2D eigenvalue weighted by Gasteiger charge is 2.13. The molecule has 25 heavy (non-hydrogen) atoms. The van der Waals surface area contributed by atoms with E-state index in [1.807, 2.05) is 13.0 Å². The van der Waals surface area contributed by atoms with Gasteiger partial charge in [-0.15, -0.1) is 0 Å². The van der Waals surface area contributed by atoms with Crippen molar-refractivity contribution in [1.29, 1.82) is 0 Å². The second-order valence-corrected chi connectivity index (χ2v) is 6.85. The molecule has 0 aromatic heterocycles. The van der Waals surface area contributed by atoms with E-state index in [0.717, 1.165) is 43.2 Å². The summed E-state index contributed by atoms with van der Waals surface area (Å²) in [5.41, 5.74) is 3.20. The Bertz CT molecular complexity index is 526. The molecule has 1 fully saturated rings. The van der Waals surface area contributed by atoms with Gasteiger partial charge < -0.3 is 27.9 Å². The summed E-state index contributed by atoms with van der Waals surface area (Å²) >= 11 is 0. The monoisotopic (exact) mass is 366 g/mol. The van der Waals surface area contributed by atoms with Gasteiger partial charge in [-0.2, -0.15) is 0 Å². The van der Waals surface area contributed by atoms with Crippen molar-refractivity contribution in [3.8, 4) is 0 Å². The highest BCUT2D eigenvalue weighted by atomic mass is 35.5. The predicted octanol–water partition coefficient (Wildman–Crippen LogP) is 1.94. The first-order valence-electron chi connectivity index (χ1n) is 9.54. The molecular weight excluding hydrogens is 334 g/mol. The van der Waals surface area contributed by atoms with E-state index in [1.54, 1.807) is 0 Å². The molecule has 2 N–H and O–H groups in total. The number of rotatable bonds is 7. The molecule has 5 heteroatoms. The number of urea groups is 1. The van der Waals surface area contributed by atoms with Crippen molar-refractivity contribution >= 4 is 17.4 Å². The normalized spacial score (nSPS) is 14.5. The minimum absolute atomic E-state index is 0. The van der Waals surface area contributed by atoms with Crippen LogP contribution in [0.3, 0.4) is 0 Å². The number of halogens is 1. The average molecular weight is 367 g/mol. The molecule has 1 aliphatic rings. The summed E-state index contributed by atoms with van der Waals surface area (Å²) in [6.45, 7) is 9.11. The summed E-state index contributed by atoms with van der Waals surface area (Å²) in [5.74, 6) is 0.800. The molecule has 0 spiro atoms. The zero-order valence-electron chi connectivity index (χ0n) is 15.9. The number of nitrogens with zero attached hydrogens (tertiary/aromatic N) is 1. The van der Waals surface area contributed by atoms with E-state index in [0.29, 0.717) is 0 Å². The molecule has 0 bridgehead atoms. The molecule has 4 nitrogen and oxygen atoms in total. The van der Waals surface area contributed by atoms with Crippen molar-refractivity contribution < 1.29 is 17.2 Å². The van der Waals surface area contributed by atoms with Gasteiger partial charge in [0, 0.05) is 31.0 Å². The van der Waals surface area contributed by atoms with E-state index in [2.05, 4.69) is 41.5 Å². The number of carbonyl (C=O) groups excluding carboxylic acids is 1. The molecule has 0 atom stereocenters. The molecule has 1 aliphatic carbocycles. The maximum atomic E-state index is 12.1. The van der Waals surface area contributed by atoms with E-state index in [4.69, 9.17) is 0 Å². The van der Waals surface area contributed by atoms with Gasteiger partial charge in [0.15, 0.2) is 0 Å². The fourth-order valence-electron chi connectivity index (χ4n) is 3.61. The van der Waals surface area contributed by atoms with Crippen LogP contribution in [0.5, 0.6) is 0 Å². The third-order valence-electron chi connectivity index (χ3n) is 5.15. The van der Waals surface area contributed by atoms with Gasteiger partial charge in [-0.25, -0.2) is 4.79 Å². The van der Waals surface area contributed by atoms with Gasteiger partial charge in [-0.05, 0) is 56.9 Å². The summed E-state index contributed by atoms with van der Waals surface area (Å²) in [6.07, 6.45) is 7.86. The quantitative estimate of drug-likeness (QED) is 0.774. The number of hydrogen-bond donors (Lipinski definition) is 2. The number of amides is 2. The second-order valence-electron chi connectivity index (χ2n) is 6.85. The standard InChI is InChI=1S/C20H33N3O.ClH/c1-4-23(5-2)18-11-12-19(16(3)15-18)22-20(24)21-14-13-17-9-7-6-8-10-17;/h11-12,15,17H,4-10,13-14H2,1-3H3,(H2,21,22,24);1H/p-1. The zero-order chi connectivity index (χ0) is 17.4. The van der Waals surface area contributed by atoms with Crippen molar-refractivity contribution in [3.63, 3.8) is 0 Å². The van der Waals surface area contributed by atoms with Crippen LogP contribution in [0.25, 0.3) is 0 Å². The molecular formula is C20H33ClN3O-. The lowest BCUT2D eigenvalue weighted by atomic mass is 9.87. The molecule has 1 aromatic carbocycles. The lowest BCUT2D eigenvalue weighted by Crippen LogP contribution is -3.00. The largest absolute Gasteiger partial charge is 1.00 e. The highest BCUT2D eigenvalue weighted by Crippen LogP contribution is 2.26. The first-order chi connectivity index (χ1) is 11.6. The van der Waals surface area contributed by atoms with Crippen LogP contribution < -0.4 is 27.9 Å². The Labute approximate surface area is 159 Å². The van der Waals surface area contributed by atoms with Crippen molar-refractivity contribution in [3.05, 3.63) is 23.8 Å². The molecule has 0 saturated heterocycles. The fourth-order valence-corrected chi connectivity index (χ4v) is 3.61. The van der Waals surface area contributed by atoms with E-state index >= 15 is 0 Å². The van der Waals surface area contributed by atoms with Crippen molar-refractivity contribution in [2.45, 2.75) is 59.3 Å². The smallest absolute Gasteiger partial charge is 0.319 e. The van der Waals surface area contributed by atoms with Gasteiger partial charge in [0.25, 0.3) is 0 Å².